The first-order valence-electron chi connectivity index (χ1n) is 5.26. The van der Waals surface area contributed by atoms with Gasteiger partial charge in [-0.25, -0.2) is 4.79 Å². The predicted molar refractivity (Wildman–Crippen MR) is 57.9 cm³/mol. The zero-order chi connectivity index (χ0) is 11.5. The van der Waals surface area contributed by atoms with Crippen LogP contribution in [0.4, 0.5) is 4.79 Å². The van der Waals surface area contributed by atoms with Crippen molar-refractivity contribution in [2.24, 2.45) is 11.1 Å². The number of nitrogens with zero attached hydrogens (tertiary/aromatic N) is 1. The standard InChI is InChI=1S/C10H19N3O2/c1-3-15-9(14)13-6-4-10(2,5-7-13)8(11)12/h3-7H2,1-2H3,(H3,11,12). The molecule has 1 heterocycles. The number of ether oxygens (including phenoxy) is 1. The quantitative estimate of drug-likeness (QED) is 0.534. The number of amides is 1. The Morgan fingerprint density at radius 2 is 2.07 bits per heavy atom. The van der Waals surface area contributed by atoms with Gasteiger partial charge in [-0.2, -0.15) is 0 Å². The van der Waals surface area contributed by atoms with E-state index in [1.165, 1.54) is 0 Å². The van der Waals surface area contributed by atoms with Crippen LogP contribution in [0, 0.1) is 10.8 Å². The van der Waals surface area contributed by atoms with E-state index < -0.39 is 0 Å². The Hall–Kier alpha value is -1.26. The number of carbonyl (C=O) groups is 1. The minimum Gasteiger partial charge on any atom is -0.450 e. The fraction of sp³-hybridized carbons (Fsp3) is 0.800. The summed E-state index contributed by atoms with van der Waals surface area (Å²) in [5, 5.41) is 7.48. The fourth-order valence-electron chi connectivity index (χ4n) is 1.67. The topological polar surface area (TPSA) is 79.4 Å². The summed E-state index contributed by atoms with van der Waals surface area (Å²) in [6.07, 6.45) is 1.21. The second kappa shape index (κ2) is 4.51. The minimum absolute atomic E-state index is 0.214. The summed E-state index contributed by atoms with van der Waals surface area (Å²) < 4.78 is 4.91. The van der Waals surface area contributed by atoms with Crippen LogP contribution in [0.5, 0.6) is 0 Å². The van der Waals surface area contributed by atoms with Crippen molar-refractivity contribution in [1.82, 2.24) is 4.90 Å². The molecule has 1 aliphatic rings. The Kier molecular flexibility index (Phi) is 3.55. The van der Waals surface area contributed by atoms with Crippen LogP contribution >= 0.6 is 0 Å². The molecule has 15 heavy (non-hydrogen) atoms. The fourth-order valence-corrected chi connectivity index (χ4v) is 1.67. The zero-order valence-electron chi connectivity index (χ0n) is 9.38. The highest BCUT2D eigenvalue weighted by Crippen LogP contribution is 2.30. The highest BCUT2D eigenvalue weighted by Gasteiger charge is 2.34. The van der Waals surface area contributed by atoms with Crippen LogP contribution in [0.2, 0.25) is 0 Å². The van der Waals surface area contributed by atoms with Crippen molar-refractivity contribution in [3.05, 3.63) is 0 Å². The first-order chi connectivity index (χ1) is 6.99. The van der Waals surface area contributed by atoms with E-state index in [4.69, 9.17) is 15.9 Å². The predicted octanol–water partition coefficient (Wildman–Crippen LogP) is 1.18. The molecule has 1 amide bonds. The van der Waals surface area contributed by atoms with Gasteiger partial charge in [0.1, 0.15) is 0 Å². The number of likely N-dealkylation sites (tertiary alicyclic amines) is 1. The molecule has 1 rings (SSSR count). The number of amidine groups is 1. The van der Waals surface area contributed by atoms with Crippen molar-refractivity contribution < 1.29 is 9.53 Å². The first kappa shape index (κ1) is 11.8. The number of nitrogens with two attached hydrogens (primary N) is 1. The smallest absolute Gasteiger partial charge is 0.409 e. The Labute approximate surface area is 90.1 Å². The van der Waals surface area contributed by atoms with Gasteiger partial charge in [-0.3, -0.25) is 5.41 Å². The van der Waals surface area contributed by atoms with Crippen LogP contribution < -0.4 is 5.73 Å². The van der Waals surface area contributed by atoms with E-state index in [2.05, 4.69) is 0 Å². The number of rotatable bonds is 2. The summed E-state index contributed by atoms with van der Waals surface area (Å²) in [4.78, 5) is 13.1. The van der Waals surface area contributed by atoms with Gasteiger partial charge in [0.15, 0.2) is 0 Å². The molecule has 0 aromatic rings. The molecule has 5 nitrogen and oxygen atoms in total. The van der Waals surface area contributed by atoms with Gasteiger partial charge >= 0.3 is 6.09 Å². The lowest BCUT2D eigenvalue weighted by atomic mass is 9.79. The second-order valence-electron chi connectivity index (χ2n) is 4.16. The van der Waals surface area contributed by atoms with Crippen LogP contribution in [-0.2, 0) is 4.74 Å². The van der Waals surface area contributed by atoms with E-state index in [1.54, 1.807) is 11.8 Å². The number of carbonyl (C=O) groups excluding carboxylic acids is 1. The van der Waals surface area contributed by atoms with Crippen LogP contribution in [0.15, 0.2) is 0 Å². The molecular weight excluding hydrogens is 194 g/mol. The second-order valence-corrected chi connectivity index (χ2v) is 4.16. The third-order valence-corrected chi connectivity index (χ3v) is 3.04. The van der Waals surface area contributed by atoms with Crippen LogP contribution in [0.3, 0.4) is 0 Å². The number of piperidine rings is 1. The maximum absolute atomic E-state index is 11.4. The summed E-state index contributed by atoms with van der Waals surface area (Å²) in [5.41, 5.74) is 5.28. The van der Waals surface area contributed by atoms with Crippen molar-refractivity contribution in [2.75, 3.05) is 19.7 Å². The molecule has 0 unspecified atom stereocenters. The summed E-state index contributed by atoms with van der Waals surface area (Å²) in [6.45, 7) is 5.41. The molecule has 0 radical (unpaired) electrons. The average Bonchev–Trinajstić information content (AvgIpc) is 2.19. The highest BCUT2D eigenvalue weighted by atomic mass is 16.6. The molecule has 5 heteroatoms. The Morgan fingerprint density at radius 3 is 2.47 bits per heavy atom. The molecule has 1 aliphatic heterocycles. The molecule has 86 valence electrons. The number of hydrogen-bond donors (Lipinski definition) is 2. The molecule has 1 saturated heterocycles. The van der Waals surface area contributed by atoms with Crippen molar-refractivity contribution in [1.29, 1.82) is 5.41 Å². The van der Waals surface area contributed by atoms with Crippen molar-refractivity contribution in [3.8, 4) is 0 Å². The van der Waals surface area contributed by atoms with E-state index in [9.17, 15) is 4.79 Å². The van der Waals surface area contributed by atoms with E-state index in [1.807, 2.05) is 6.92 Å². The lowest BCUT2D eigenvalue weighted by Gasteiger charge is -2.37. The van der Waals surface area contributed by atoms with E-state index >= 15 is 0 Å². The molecule has 0 atom stereocenters. The summed E-state index contributed by atoms with van der Waals surface area (Å²) in [6, 6.07) is 0. The minimum atomic E-state index is -0.261. The zero-order valence-corrected chi connectivity index (χ0v) is 9.38. The van der Waals surface area contributed by atoms with Crippen molar-refractivity contribution >= 4 is 11.9 Å². The lowest BCUT2D eigenvalue weighted by Crippen LogP contribution is -2.47. The molecule has 0 spiro atoms. The van der Waals surface area contributed by atoms with Crippen molar-refractivity contribution in [3.63, 3.8) is 0 Å². The average molecular weight is 213 g/mol. The molecule has 0 aromatic carbocycles. The molecule has 0 aliphatic carbocycles. The monoisotopic (exact) mass is 213 g/mol. The maximum Gasteiger partial charge on any atom is 0.409 e. The van der Waals surface area contributed by atoms with Crippen molar-refractivity contribution in [2.45, 2.75) is 26.7 Å². The van der Waals surface area contributed by atoms with Gasteiger partial charge in [0.25, 0.3) is 0 Å². The Bertz CT molecular complexity index is 257. The first-order valence-corrected chi connectivity index (χ1v) is 5.26. The van der Waals surface area contributed by atoms with E-state index in [0.29, 0.717) is 19.7 Å². The molecule has 0 aromatic heterocycles. The third kappa shape index (κ3) is 2.61. The molecule has 0 saturated carbocycles. The molecule has 0 bridgehead atoms. The summed E-state index contributed by atoms with van der Waals surface area (Å²) >= 11 is 0. The third-order valence-electron chi connectivity index (χ3n) is 3.04. The van der Waals surface area contributed by atoms with Gasteiger partial charge in [0.2, 0.25) is 0 Å². The molecule has 1 fully saturated rings. The van der Waals surface area contributed by atoms with Gasteiger partial charge in [0.05, 0.1) is 12.4 Å². The Morgan fingerprint density at radius 1 is 1.53 bits per heavy atom. The summed E-state index contributed by atoms with van der Waals surface area (Å²) in [5.74, 6) is 0.214. The van der Waals surface area contributed by atoms with E-state index in [0.717, 1.165) is 12.8 Å². The number of hydrogen-bond acceptors (Lipinski definition) is 3. The van der Waals surface area contributed by atoms with Crippen LogP contribution in [0.25, 0.3) is 0 Å². The lowest BCUT2D eigenvalue weighted by molar-refractivity contribution is 0.0868. The SMILES string of the molecule is CCOC(=O)N1CCC(C)(C(=N)N)CC1. The Balaban J connectivity index is 2.49. The van der Waals surface area contributed by atoms with Gasteiger partial charge < -0.3 is 15.4 Å². The largest absolute Gasteiger partial charge is 0.450 e. The molecule has 3 N–H and O–H groups in total. The summed E-state index contributed by atoms with van der Waals surface area (Å²) in [7, 11) is 0. The highest BCUT2D eigenvalue weighted by molar-refractivity contribution is 5.83. The van der Waals surface area contributed by atoms with Gasteiger partial charge in [0, 0.05) is 18.5 Å². The van der Waals surface area contributed by atoms with E-state index in [-0.39, 0.29) is 17.3 Å². The number of nitrogens with one attached hydrogen (secondary N) is 1. The molecular formula is C10H19N3O2. The normalized spacial score (nSPS) is 19.7. The van der Waals surface area contributed by atoms with Crippen LogP contribution in [-0.4, -0.2) is 36.5 Å². The van der Waals surface area contributed by atoms with Crippen LogP contribution in [0.1, 0.15) is 26.7 Å². The van der Waals surface area contributed by atoms with Gasteiger partial charge in [-0.1, -0.05) is 6.92 Å². The maximum atomic E-state index is 11.4. The van der Waals surface area contributed by atoms with Gasteiger partial charge in [-0.05, 0) is 19.8 Å². The van der Waals surface area contributed by atoms with Gasteiger partial charge in [-0.15, -0.1) is 0 Å².